The molecule has 1 saturated heterocycles. The topological polar surface area (TPSA) is 44.8 Å². The molecule has 1 heterocycles. The number of likely N-dealkylation sites (N-methyl/N-ethyl adjacent to an activating group) is 1. The number of ether oxygens (including phenoxy) is 1. The van der Waals surface area contributed by atoms with Crippen LogP contribution in [0.15, 0.2) is 28.7 Å². The minimum Gasteiger partial charge on any atom is -0.492 e. The molecule has 21 heavy (non-hydrogen) atoms. The number of nitrogens with one attached hydrogen (secondary N) is 1. The average Bonchev–Trinajstić information content (AvgIpc) is 2.47. The second-order valence-electron chi connectivity index (χ2n) is 5.29. The minimum absolute atomic E-state index is 0.0974. The van der Waals surface area contributed by atoms with Crippen LogP contribution < -0.4 is 10.1 Å². The lowest BCUT2D eigenvalue weighted by Crippen LogP contribution is -2.58. The van der Waals surface area contributed by atoms with Crippen LogP contribution in [0, 0.1) is 0 Å². The van der Waals surface area contributed by atoms with Crippen LogP contribution in [0.1, 0.15) is 0 Å². The molecule has 0 spiro atoms. The van der Waals surface area contributed by atoms with Crippen molar-refractivity contribution in [1.82, 2.24) is 15.1 Å². The fraction of sp³-hybridized carbons (Fsp3) is 0.533. The summed E-state index contributed by atoms with van der Waals surface area (Å²) in [5.41, 5.74) is 0. The molecular weight excluding hydrogens is 334 g/mol. The van der Waals surface area contributed by atoms with Gasteiger partial charge in [0.15, 0.2) is 0 Å². The first-order chi connectivity index (χ1) is 10.1. The van der Waals surface area contributed by atoms with E-state index in [1.165, 1.54) is 0 Å². The molecule has 1 fully saturated rings. The standard InChI is InChI=1S/C15H22BrN3O2/c1-18(2)15(20)14-11-17-6-7-19(14)8-9-21-13-5-3-4-12(16)10-13/h3-5,10,14,17H,6-9,11H2,1-2H3. The summed E-state index contributed by atoms with van der Waals surface area (Å²) >= 11 is 3.43. The van der Waals surface area contributed by atoms with E-state index in [0.29, 0.717) is 13.2 Å². The smallest absolute Gasteiger partial charge is 0.240 e. The van der Waals surface area contributed by atoms with Crippen molar-refractivity contribution >= 4 is 21.8 Å². The fourth-order valence-corrected chi connectivity index (χ4v) is 2.77. The first-order valence-electron chi connectivity index (χ1n) is 7.12. The largest absolute Gasteiger partial charge is 0.492 e. The molecular formula is C15H22BrN3O2. The van der Waals surface area contributed by atoms with Gasteiger partial charge in [0.2, 0.25) is 5.91 Å². The molecule has 1 aromatic rings. The van der Waals surface area contributed by atoms with E-state index in [9.17, 15) is 4.79 Å². The van der Waals surface area contributed by atoms with Gasteiger partial charge in [0.1, 0.15) is 18.4 Å². The third-order valence-electron chi connectivity index (χ3n) is 3.52. The summed E-state index contributed by atoms with van der Waals surface area (Å²) in [7, 11) is 3.60. The lowest BCUT2D eigenvalue weighted by Gasteiger charge is -2.36. The molecule has 0 saturated carbocycles. The second kappa shape index (κ2) is 7.77. The summed E-state index contributed by atoms with van der Waals surface area (Å²) in [6.45, 7) is 3.81. The van der Waals surface area contributed by atoms with Gasteiger partial charge in [-0.25, -0.2) is 0 Å². The van der Waals surface area contributed by atoms with Crippen molar-refractivity contribution < 1.29 is 9.53 Å². The summed E-state index contributed by atoms with van der Waals surface area (Å²) in [5.74, 6) is 0.986. The van der Waals surface area contributed by atoms with Gasteiger partial charge >= 0.3 is 0 Å². The van der Waals surface area contributed by atoms with E-state index in [-0.39, 0.29) is 11.9 Å². The number of amides is 1. The van der Waals surface area contributed by atoms with Crippen LogP contribution in [0.2, 0.25) is 0 Å². The van der Waals surface area contributed by atoms with Crippen molar-refractivity contribution in [2.45, 2.75) is 6.04 Å². The van der Waals surface area contributed by atoms with E-state index < -0.39 is 0 Å². The summed E-state index contributed by atoms with van der Waals surface area (Å²) in [6, 6.07) is 7.70. The van der Waals surface area contributed by atoms with Crippen molar-refractivity contribution in [1.29, 1.82) is 0 Å². The molecule has 1 aliphatic rings. The summed E-state index contributed by atoms with van der Waals surface area (Å²) in [4.78, 5) is 16.0. The van der Waals surface area contributed by atoms with E-state index in [1.807, 2.05) is 24.3 Å². The maximum absolute atomic E-state index is 12.2. The predicted octanol–water partition coefficient (Wildman–Crippen LogP) is 1.19. The monoisotopic (exact) mass is 355 g/mol. The number of nitrogens with zero attached hydrogens (tertiary/aromatic N) is 2. The number of halogens is 1. The molecule has 0 radical (unpaired) electrons. The fourth-order valence-electron chi connectivity index (χ4n) is 2.39. The van der Waals surface area contributed by atoms with Gasteiger partial charge in [-0.15, -0.1) is 0 Å². The van der Waals surface area contributed by atoms with Crippen LogP contribution in [-0.4, -0.2) is 68.6 Å². The molecule has 1 aromatic carbocycles. The molecule has 6 heteroatoms. The van der Waals surface area contributed by atoms with Gasteiger partial charge in [-0.2, -0.15) is 0 Å². The number of benzene rings is 1. The maximum atomic E-state index is 12.2. The lowest BCUT2D eigenvalue weighted by atomic mass is 10.1. The minimum atomic E-state index is -0.0974. The molecule has 1 amide bonds. The van der Waals surface area contributed by atoms with Crippen LogP contribution in [0.25, 0.3) is 0 Å². The SMILES string of the molecule is CN(C)C(=O)C1CNCCN1CCOc1cccc(Br)c1. The lowest BCUT2D eigenvalue weighted by molar-refractivity contribution is -0.135. The third kappa shape index (κ3) is 4.69. The van der Waals surface area contributed by atoms with Crippen LogP contribution in [-0.2, 0) is 4.79 Å². The molecule has 2 rings (SSSR count). The Balaban J connectivity index is 1.86. The molecule has 5 nitrogen and oxygen atoms in total. The van der Waals surface area contributed by atoms with E-state index in [0.717, 1.165) is 29.9 Å². The van der Waals surface area contributed by atoms with Crippen molar-refractivity contribution in [3.05, 3.63) is 28.7 Å². The van der Waals surface area contributed by atoms with E-state index in [2.05, 4.69) is 26.1 Å². The van der Waals surface area contributed by atoms with Gasteiger partial charge in [0, 0.05) is 44.7 Å². The van der Waals surface area contributed by atoms with Crippen molar-refractivity contribution in [3.8, 4) is 5.75 Å². The first-order valence-corrected chi connectivity index (χ1v) is 7.91. The quantitative estimate of drug-likeness (QED) is 0.861. The van der Waals surface area contributed by atoms with Crippen LogP contribution in [0.5, 0.6) is 5.75 Å². The maximum Gasteiger partial charge on any atom is 0.240 e. The number of carbonyl (C=O) groups excluding carboxylic acids is 1. The molecule has 1 unspecified atom stereocenters. The normalized spacial score (nSPS) is 19.3. The zero-order valence-corrected chi connectivity index (χ0v) is 14.1. The first kappa shape index (κ1) is 16.3. The third-order valence-corrected chi connectivity index (χ3v) is 4.02. The Morgan fingerprint density at radius 3 is 3.05 bits per heavy atom. The number of rotatable bonds is 5. The summed E-state index contributed by atoms with van der Waals surface area (Å²) in [6.07, 6.45) is 0. The van der Waals surface area contributed by atoms with Gasteiger partial charge in [0.05, 0.1) is 0 Å². The molecule has 1 atom stereocenters. The van der Waals surface area contributed by atoms with Gasteiger partial charge in [-0.1, -0.05) is 22.0 Å². The van der Waals surface area contributed by atoms with Crippen LogP contribution >= 0.6 is 15.9 Å². The number of hydrogen-bond acceptors (Lipinski definition) is 4. The highest BCUT2D eigenvalue weighted by atomic mass is 79.9. The average molecular weight is 356 g/mol. The van der Waals surface area contributed by atoms with E-state index in [4.69, 9.17) is 4.74 Å². The molecule has 0 aromatic heterocycles. The Labute approximate surface area is 134 Å². The summed E-state index contributed by atoms with van der Waals surface area (Å²) < 4.78 is 6.76. The molecule has 0 aliphatic carbocycles. The Bertz CT molecular complexity index is 482. The Hall–Kier alpha value is -1.11. The molecule has 0 bridgehead atoms. The number of piperazine rings is 1. The molecule has 1 aliphatic heterocycles. The number of carbonyl (C=O) groups is 1. The molecule has 1 N–H and O–H groups in total. The summed E-state index contributed by atoms with van der Waals surface area (Å²) in [5, 5.41) is 3.28. The zero-order chi connectivity index (χ0) is 15.2. The van der Waals surface area contributed by atoms with Crippen molar-refractivity contribution in [2.75, 3.05) is 46.9 Å². The Morgan fingerprint density at radius 1 is 1.52 bits per heavy atom. The van der Waals surface area contributed by atoms with Crippen LogP contribution in [0.3, 0.4) is 0 Å². The number of hydrogen-bond donors (Lipinski definition) is 1. The Morgan fingerprint density at radius 2 is 2.33 bits per heavy atom. The highest BCUT2D eigenvalue weighted by Gasteiger charge is 2.29. The predicted molar refractivity (Wildman–Crippen MR) is 86.6 cm³/mol. The highest BCUT2D eigenvalue weighted by molar-refractivity contribution is 9.10. The van der Waals surface area contributed by atoms with Gasteiger partial charge in [-0.3, -0.25) is 9.69 Å². The van der Waals surface area contributed by atoms with Gasteiger partial charge < -0.3 is 15.0 Å². The van der Waals surface area contributed by atoms with E-state index >= 15 is 0 Å². The van der Waals surface area contributed by atoms with Crippen LogP contribution in [0.4, 0.5) is 0 Å². The second-order valence-corrected chi connectivity index (χ2v) is 6.21. The van der Waals surface area contributed by atoms with Gasteiger partial charge in [-0.05, 0) is 18.2 Å². The molecule has 116 valence electrons. The highest BCUT2D eigenvalue weighted by Crippen LogP contribution is 2.17. The van der Waals surface area contributed by atoms with Gasteiger partial charge in [0.25, 0.3) is 0 Å². The van der Waals surface area contributed by atoms with Crippen molar-refractivity contribution in [2.24, 2.45) is 0 Å². The van der Waals surface area contributed by atoms with E-state index in [1.54, 1.807) is 19.0 Å². The Kier molecular flexibility index (Phi) is 6.02. The zero-order valence-electron chi connectivity index (χ0n) is 12.5. The van der Waals surface area contributed by atoms with Crippen molar-refractivity contribution in [3.63, 3.8) is 0 Å².